The highest BCUT2D eigenvalue weighted by Gasteiger charge is 2.29. The van der Waals surface area contributed by atoms with Gasteiger partial charge in [0.2, 0.25) is 0 Å². The quantitative estimate of drug-likeness (QED) is 0.572. The minimum absolute atomic E-state index is 0.0994. The van der Waals surface area contributed by atoms with E-state index in [1.807, 2.05) is 13.8 Å². The summed E-state index contributed by atoms with van der Waals surface area (Å²) in [5, 5.41) is 0. The summed E-state index contributed by atoms with van der Waals surface area (Å²) in [6.07, 6.45) is 0. The summed E-state index contributed by atoms with van der Waals surface area (Å²) < 4.78 is 9.89. The van der Waals surface area contributed by atoms with E-state index < -0.39 is 19.1 Å². The van der Waals surface area contributed by atoms with Crippen LogP contribution in [0.4, 0.5) is 0 Å². The number of nitrogens with zero attached hydrogens (tertiary/aromatic N) is 1. The van der Waals surface area contributed by atoms with Crippen molar-refractivity contribution in [2.45, 2.75) is 13.8 Å². The Morgan fingerprint density at radius 3 is 2.13 bits per heavy atom. The zero-order valence-electron chi connectivity index (χ0n) is 9.15. The summed E-state index contributed by atoms with van der Waals surface area (Å²) in [4.78, 5) is 24.1. The van der Waals surface area contributed by atoms with Crippen molar-refractivity contribution in [1.29, 1.82) is 0 Å². The monoisotopic (exact) mass is 211 g/mol. The van der Waals surface area contributed by atoms with Gasteiger partial charge < -0.3 is 9.31 Å². The molecule has 1 heterocycles. The highest BCUT2D eigenvalue weighted by Crippen LogP contribution is 2.03. The van der Waals surface area contributed by atoms with Crippen molar-refractivity contribution in [2.24, 2.45) is 0 Å². The summed E-state index contributed by atoms with van der Waals surface area (Å²) in [6.45, 7) is 3.88. The first-order chi connectivity index (χ1) is 6.97. The molecule has 0 aromatic rings. The van der Waals surface area contributed by atoms with E-state index in [0.717, 1.165) is 5.57 Å². The van der Waals surface area contributed by atoms with Crippen LogP contribution in [0.15, 0.2) is 11.5 Å². The molecule has 0 aromatic heterocycles. The SMILES string of the molecule is CC(C)=CB1OC(=O)CN(C)CC(=O)O1. The Kier molecular flexibility index (Phi) is 3.91. The van der Waals surface area contributed by atoms with E-state index >= 15 is 0 Å². The molecule has 1 saturated heterocycles. The van der Waals surface area contributed by atoms with Crippen LogP contribution in [-0.4, -0.2) is 44.1 Å². The van der Waals surface area contributed by atoms with Crippen molar-refractivity contribution in [2.75, 3.05) is 20.1 Å². The number of rotatable bonds is 1. The van der Waals surface area contributed by atoms with Crippen LogP contribution in [0, 0.1) is 0 Å². The van der Waals surface area contributed by atoms with Crippen LogP contribution in [-0.2, 0) is 18.9 Å². The van der Waals surface area contributed by atoms with Crippen molar-refractivity contribution < 1.29 is 18.9 Å². The lowest BCUT2D eigenvalue weighted by atomic mass is 9.87. The molecule has 1 aliphatic heterocycles. The second kappa shape index (κ2) is 4.98. The van der Waals surface area contributed by atoms with Gasteiger partial charge in [-0.05, 0) is 26.9 Å². The Bertz CT molecular complexity index is 278. The minimum atomic E-state index is -0.885. The van der Waals surface area contributed by atoms with Crippen LogP contribution in [0.3, 0.4) is 0 Å². The molecule has 0 amide bonds. The minimum Gasteiger partial charge on any atom is -0.495 e. The van der Waals surface area contributed by atoms with Crippen molar-refractivity contribution in [1.82, 2.24) is 4.90 Å². The first kappa shape index (κ1) is 11.8. The molecule has 0 aromatic carbocycles. The molecule has 1 rings (SSSR count). The van der Waals surface area contributed by atoms with Crippen molar-refractivity contribution in [3.63, 3.8) is 0 Å². The number of allylic oxidation sites excluding steroid dienone is 1. The first-order valence-electron chi connectivity index (χ1n) is 4.70. The fraction of sp³-hybridized carbons (Fsp3) is 0.556. The topological polar surface area (TPSA) is 55.8 Å². The molecular formula is C9H14BNO4. The molecule has 0 aliphatic carbocycles. The van der Waals surface area contributed by atoms with E-state index in [2.05, 4.69) is 0 Å². The Morgan fingerprint density at radius 1 is 1.27 bits per heavy atom. The molecular weight excluding hydrogens is 197 g/mol. The molecule has 6 heteroatoms. The van der Waals surface area contributed by atoms with Gasteiger partial charge in [0.1, 0.15) is 0 Å². The summed E-state index contributed by atoms with van der Waals surface area (Å²) in [6, 6.07) is 0. The van der Waals surface area contributed by atoms with E-state index in [4.69, 9.17) is 9.31 Å². The molecule has 15 heavy (non-hydrogen) atoms. The average Bonchev–Trinajstić information content (AvgIpc) is 1.98. The third-order valence-electron chi connectivity index (χ3n) is 1.76. The van der Waals surface area contributed by atoms with E-state index in [9.17, 15) is 9.59 Å². The van der Waals surface area contributed by atoms with E-state index in [-0.39, 0.29) is 13.1 Å². The van der Waals surface area contributed by atoms with Gasteiger partial charge in [-0.15, -0.1) is 0 Å². The third kappa shape index (κ3) is 4.16. The summed E-state index contributed by atoms with van der Waals surface area (Å²) >= 11 is 0. The summed E-state index contributed by atoms with van der Waals surface area (Å²) in [5.41, 5.74) is 0.925. The summed E-state index contributed by atoms with van der Waals surface area (Å²) in [7, 11) is 0.771. The van der Waals surface area contributed by atoms with Gasteiger partial charge in [-0.1, -0.05) is 5.57 Å². The van der Waals surface area contributed by atoms with E-state index in [0.29, 0.717) is 0 Å². The van der Waals surface area contributed by atoms with Gasteiger partial charge in [0, 0.05) is 0 Å². The summed E-state index contributed by atoms with van der Waals surface area (Å²) in [5.74, 6) is 0.807. The third-order valence-corrected chi connectivity index (χ3v) is 1.76. The lowest BCUT2D eigenvalue weighted by Crippen LogP contribution is -2.41. The smallest absolute Gasteiger partial charge is 0.495 e. The van der Waals surface area contributed by atoms with Gasteiger partial charge >= 0.3 is 19.1 Å². The van der Waals surface area contributed by atoms with Gasteiger partial charge in [0.15, 0.2) is 0 Å². The number of hydrogen-bond acceptors (Lipinski definition) is 5. The Morgan fingerprint density at radius 2 is 1.73 bits per heavy atom. The molecule has 0 bridgehead atoms. The molecule has 0 spiro atoms. The predicted molar refractivity (Wildman–Crippen MR) is 54.9 cm³/mol. The van der Waals surface area contributed by atoms with Crippen molar-refractivity contribution >= 4 is 19.1 Å². The Balaban J connectivity index is 2.70. The molecule has 0 atom stereocenters. The predicted octanol–water partition coefficient (Wildman–Crippen LogP) is 0.0118. The maximum atomic E-state index is 11.3. The van der Waals surface area contributed by atoms with Crippen LogP contribution in [0.5, 0.6) is 0 Å². The van der Waals surface area contributed by atoms with Gasteiger partial charge in [-0.3, -0.25) is 14.5 Å². The maximum absolute atomic E-state index is 11.3. The van der Waals surface area contributed by atoms with Gasteiger partial charge in [-0.2, -0.15) is 0 Å². The fourth-order valence-corrected chi connectivity index (χ4v) is 1.19. The van der Waals surface area contributed by atoms with Crippen LogP contribution in [0.25, 0.3) is 0 Å². The second-order valence-electron chi connectivity index (χ2n) is 3.76. The van der Waals surface area contributed by atoms with Gasteiger partial charge in [0.25, 0.3) is 0 Å². The lowest BCUT2D eigenvalue weighted by molar-refractivity contribution is -0.145. The normalized spacial score (nSPS) is 18.7. The molecule has 5 nitrogen and oxygen atoms in total. The largest absolute Gasteiger partial charge is 0.628 e. The zero-order valence-corrected chi connectivity index (χ0v) is 9.15. The number of carbonyl (C=O) groups excluding carboxylic acids is 2. The maximum Gasteiger partial charge on any atom is 0.628 e. The van der Waals surface area contributed by atoms with Crippen LogP contribution in [0.1, 0.15) is 13.8 Å². The highest BCUT2D eigenvalue weighted by molar-refractivity contribution is 6.54. The van der Waals surface area contributed by atoms with Crippen LogP contribution >= 0.6 is 0 Å². The first-order valence-corrected chi connectivity index (χ1v) is 4.70. The molecule has 0 saturated carbocycles. The second-order valence-corrected chi connectivity index (χ2v) is 3.76. The highest BCUT2D eigenvalue weighted by atomic mass is 16.6. The zero-order chi connectivity index (χ0) is 11.4. The number of likely N-dealkylation sites (N-methyl/N-ethyl adjacent to an activating group) is 1. The van der Waals surface area contributed by atoms with Crippen molar-refractivity contribution in [3.05, 3.63) is 11.5 Å². The number of hydrogen-bond donors (Lipinski definition) is 0. The van der Waals surface area contributed by atoms with Crippen LogP contribution < -0.4 is 0 Å². The molecule has 0 radical (unpaired) electrons. The standard InChI is InChI=1S/C9H14BNO4/c1-7(2)4-10-14-8(12)5-11(3)6-9(13)15-10/h4H,5-6H2,1-3H3. The number of carbonyl (C=O) groups is 2. The molecule has 1 fully saturated rings. The van der Waals surface area contributed by atoms with Gasteiger partial charge in [0.05, 0.1) is 13.1 Å². The molecule has 0 N–H and O–H groups in total. The van der Waals surface area contributed by atoms with E-state index in [1.165, 1.54) is 0 Å². The fourth-order valence-electron chi connectivity index (χ4n) is 1.19. The molecule has 82 valence electrons. The van der Waals surface area contributed by atoms with E-state index in [1.54, 1.807) is 17.9 Å². The lowest BCUT2D eigenvalue weighted by Gasteiger charge is -2.21. The van der Waals surface area contributed by atoms with Crippen LogP contribution in [0.2, 0.25) is 0 Å². The Hall–Kier alpha value is -1.30. The van der Waals surface area contributed by atoms with Crippen molar-refractivity contribution in [3.8, 4) is 0 Å². The average molecular weight is 211 g/mol. The van der Waals surface area contributed by atoms with Gasteiger partial charge in [-0.25, -0.2) is 0 Å². The Labute approximate surface area is 89.2 Å². The molecule has 1 aliphatic rings. The molecule has 0 unspecified atom stereocenters.